The van der Waals surface area contributed by atoms with Gasteiger partial charge >= 0.3 is 0 Å². The Morgan fingerprint density at radius 2 is 0.917 bits per heavy atom. The topological polar surface area (TPSA) is 79.7 Å². The minimum absolute atomic E-state index is 0.800. The second kappa shape index (κ2) is 11.7. The third-order valence-electron chi connectivity index (χ3n) is 5.12. The van der Waals surface area contributed by atoms with Crippen LogP contribution in [-0.2, 0) is 0 Å². The van der Waals surface area contributed by atoms with Gasteiger partial charge in [-0.2, -0.15) is 0 Å². The van der Waals surface area contributed by atoms with Crippen molar-refractivity contribution in [3.63, 3.8) is 0 Å². The van der Waals surface area contributed by atoms with E-state index in [0.717, 1.165) is 51.9 Å². The van der Waals surface area contributed by atoms with Crippen LogP contribution in [0.2, 0.25) is 0 Å². The van der Waals surface area contributed by atoms with Crippen molar-refractivity contribution in [2.45, 2.75) is 27.7 Å². The molecule has 0 aliphatic rings. The molecule has 7 heteroatoms. The monoisotopic (exact) mass is 475 g/mol. The standard InChI is InChI=1S/C17H16N4.C12H13N3/c1-13-7-5-10-16(19-13)21(15-9-3-4-12-18-15)17-11-6-8-14(2)20-17;1-9-5-3-7-11(13-9)15-12-8-4-6-10(2)14-12/h3-12H,1-2H3;3-8H,1-2H3,(H,13,14,15). The number of aryl methyl sites for hydroxylation is 4. The van der Waals surface area contributed by atoms with E-state index in [1.807, 2.05) is 124 Å². The SMILES string of the molecule is Cc1cccc(N(c2ccccn2)c2cccc(C)n2)n1.Cc1cccc(Nc2cccc(C)n2)n1. The van der Waals surface area contributed by atoms with Crippen molar-refractivity contribution >= 4 is 29.1 Å². The highest BCUT2D eigenvalue weighted by Gasteiger charge is 2.15. The van der Waals surface area contributed by atoms with Crippen molar-refractivity contribution in [1.29, 1.82) is 0 Å². The van der Waals surface area contributed by atoms with Gasteiger partial charge in [0, 0.05) is 29.0 Å². The first kappa shape index (κ1) is 24.5. The summed E-state index contributed by atoms with van der Waals surface area (Å²) in [6.07, 6.45) is 1.77. The Kier molecular flexibility index (Phi) is 7.93. The highest BCUT2D eigenvalue weighted by molar-refractivity contribution is 5.69. The minimum Gasteiger partial charge on any atom is -0.325 e. The van der Waals surface area contributed by atoms with Gasteiger partial charge in [0.1, 0.15) is 29.1 Å². The second-order valence-electron chi connectivity index (χ2n) is 8.25. The Balaban J connectivity index is 0.000000179. The third-order valence-corrected chi connectivity index (χ3v) is 5.12. The average molecular weight is 476 g/mol. The first-order valence-electron chi connectivity index (χ1n) is 11.7. The van der Waals surface area contributed by atoms with Crippen LogP contribution in [0.25, 0.3) is 0 Å². The maximum absolute atomic E-state index is 4.60. The average Bonchev–Trinajstić information content (AvgIpc) is 2.86. The lowest BCUT2D eigenvalue weighted by Crippen LogP contribution is -2.14. The Labute approximate surface area is 212 Å². The molecule has 0 bridgehead atoms. The first-order valence-corrected chi connectivity index (χ1v) is 11.7. The molecule has 0 unspecified atom stereocenters. The smallest absolute Gasteiger partial charge is 0.140 e. The number of rotatable bonds is 5. The maximum Gasteiger partial charge on any atom is 0.140 e. The van der Waals surface area contributed by atoms with Gasteiger partial charge in [-0.25, -0.2) is 24.9 Å². The summed E-state index contributed by atoms with van der Waals surface area (Å²) in [5, 5.41) is 3.16. The lowest BCUT2D eigenvalue weighted by Gasteiger charge is -2.22. The Morgan fingerprint density at radius 3 is 1.33 bits per heavy atom. The summed E-state index contributed by atoms with van der Waals surface area (Å²) in [5.41, 5.74) is 3.91. The van der Waals surface area contributed by atoms with E-state index >= 15 is 0 Å². The maximum atomic E-state index is 4.60. The highest BCUT2D eigenvalue weighted by Crippen LogP contribution is 2.30. The van der Waals surface area contributed by atoms with Gasteiger partial charge in [0.25, 0.3) is 0 Å². The van der Waals surface area contributed by atoms with Gasteiger partial charge < -0.3 is 5.32 Å². The van der Waals surface area contributed by atoms with Gasteiger partial charge in [0.2, 0.25) is 0 Å². The molecule has 180 valence electrons. The van der Waals surface area contributed by atoms with E-state index in [0.29, 0.717) is 0 Å². The van der Waals surface area contributed by atoms with Crippen molar-refractivity contribution in [3.05, 3.63) is 120 Å². The summed E-state index contributed by atoms with van der Waals surface area (Å²) >= 11 is 0. The zero-order chi connectivity index (χ0) is 25.3. The molecule has 36 heavy (non-hydrogen) atoms. The van der Waals surface area contributed by atoms with Crippen molar-refractivity contribution < 1.29 is 0 Å². The number of nitrogens with zero attached hydrogens (tertiary/aromatic N) is 6. The van der Waals surface area contributed by atoms with Crippen LogP contribution < -0.4 is 10.2 Å². The van der Waals surface area contributed by atoms with E-state index in [1.54, 1.807) is 6.20 Å². The van der Waals surface area contributed by atoms with E-state index in [9.17, 15) is 0 Å². The van der Waals surface area contributed by atoms with Crippen LogP contribution >= 0.6 is 0 Å². The molecule has 0 radical (unpaired) electrons. The molecule has 5 aromatic heterocycles. The molecule has 0 saturated heterocycles. The zero-order valence-electron chi connectivity index (χ0n) is 20.9. The number of anilines is 5. The van der Waals surface area contributed by atoms with Gasteiger partial charge in [0.15, 0.2) is 0 Å². The molecule has 5 rings (SSSR count). The van der Waals surface area contributed by atoms with Crippen LogP contribution in [0.3, 0.4) is 0 Å². The molecular weight excluding hydrogens is 446 g/mol. The van der Waals surface area contributed by atoms with Crippen molar-refractivity contribution in [2.24, 2.45) is 0 Å². The van der Waals surface area contributed by atoms with Gasteiger partial charge in [-0.1, -0.05) is 30.3 Å². The number of hydrogen-bond acceptors (Lipinski definition) is 7. The number of pyridine rings is 5. The van der Waals surface area contributed by atoms with Crippen molar-refractivity contribution in [3.8, 4) is 0 Å². The fourth-order valence-corrected chi connectivity index (χ4v) is 3.50. The molecule has 0 amide bonds. The predicted octanol–water partition coefficient (Wildman–Crippen LogP) is 6.80. The molecule has 1 N–H and O–H groups in total. The van der Waals surface area contributed by atoms with Crippen LogP contribution in [0.1, 0.15) is 22.8 Å². The van der Waals surface area contributed by atoms with Crippen LogP contribution in [0.4, 0.5) is 29.1 Å². The van der Waals surface area contributed by atoms with Crippen LogP contribution in [0.15, 0.2) is 97.2 Å². The minimum atomic E-state index is 0.800. The lowest BCUT2D eigenvalue weighted by molar-refractivity contribution is 1.05. The normalized spacial score (nSPS) is 10.2. The first-order chi connectivity index (χ1) is 17.5. The summed E-state index contributed by atoms with van der Waals surface area (Å²) in [7, 11) is 0. The molecule has 0 fully saturated rings. The zero-order valence-corrected chi connectivity index (χ0v) is 20.9. The second-order valence-corrected chi connectivity index (χ2v) is 8.25. The summed E-state index contributed by atoms with van der Waals surface area (Å²) < 4.78 is 0. The van der Waals surface area contributed by atoms with Crippen LogP contribution in [0.5, 0.6) is 0 Å². The number of nitrogens with one attached hydrogen (secondary N) is 1. The van der Waals surface area contributed by atoms with E-state index in [1.165, 1.54) is 0 Å². The Morgan fingerprint density at radius 1 is 0.472 bits per heavy atom. The largest absolute Gasteiger partial charge is 0.325 e. The van der Waals surface area contributed by atoms with Crippen LogP contribution in [0, 0.1) is 27.7 Å². The molecule has 0 atom stereocenters. The predicted molar refractivity (Wildman–Crippen MR) is 145 cm³/mol. The van der Waals surface area contributed by atoms with E-state index in [-0.39, 0.29) is 0 Å². The Bertz CT molecular complexity index is 1330. The molecule has 5 heterocycles. The fourth-order valence-electron chi connectivity index (χ4n) is 3.50. The number of hydrogen-bond donors (Lipinski definition) is 1. The van der Waals surface area contributed by atoms with Gasteiger partial charge in [0.05, 0.1) is 0 Å². The Hall–Kier alpha value is -4.65. The summed E-state index contributed by atoms with van der Waals surface area (Å²) in [6, 6.07) is 29.4. The highest BCUT2D eigenvalue weighted by atomic mass is 15.3. The van der Waals surface area contributed by atoms with Gasteiger partial charge in [-0.15, -0.1) is 0 Å². The molecule has 0 saturated carbocycles. The molecule has 0 aliphatic heterocycles. The molecular formula is C29H29N7. The number of aromatic nitrogens is 5. The fraction of sp³-hybridized carbons (Fsp3) is 0.138. The van der Waals surface area contributed by atoms with Gasteiger partial charge in [-0.3, -0.25) is 4.90 Å². The molecule has 0 aliphatic carbocycles. The molecule has 7 nitrogen and oxygen atoms in total. The van der Waals surface area contributed by atoms with Crippen molar-refractivity contribution in [1.82, 2.24) is 24.9 Å². The van der Waals surface area contributed by atoms with Crippen LogP contribution in [-0.4, -0.2) is 24.9 Å². The molecule has 0 spiro atoms. The lowest BCUT2D eigenvalue weighted by atomic mass is 10.3. The van der Waals surface area contributed by atoms with E-state index < -0.39 is 0 Å². The summed E-state index contributed by atoms with van der Waals surface area (Å²) in [5.74, 6) is 4.08. The molecule has 5 aromatic rings. The summed E-state index contributed by atoms with van der Waals surface area (Å²) in [6.45, 7) is 7.89. The third kappa shape index (κ3) is 6.70. The molecule has 0 aromatic carbocycles. The van der Waals surface area contributed by atoms with Crippen molar-refractivity contribution in [2.75, 3.05) is 10.2 Å². The van der Waals surface area contributed by atoms with E-state index in [2.05, 4.69) is 30.2 Å². The van der Waals surface area contributed by atoms with E-state index in [4.69, 9.17) is 0 Å². The van der Waals surface area contributed by atoms with Gasteiger partial charge in [-0.05, 0) is 88.4 Å². The quantitative estimate of drug-likeness (QED) is 0.299. The summed E-state index contributed by atoms with van der Waals surface area (Å²) in [4.78, 5) is 24.3.